The number of nitrogens with two attached hydrogens (primary N) is 1. The second-order valence-electron chi connectivity index (χ2n) is 5.69. The van der Waals surface area contributed by atoms with Crippen molar-refractivity contribution < 1.29 is 4.79 Å². The van der Waals surface area contributed by atoms with Crippen LogP contribution in [0.3, 0.4) is 0 Å². The van der Waals surface area contributed by atoms with Crippen molar-refractivity contribution in [2.75, 3.05) is 0 Å². The van der Waals surface area contributed by atoms with Crippen LogP contribution < -0.4 is 5.73 Å². The molecule has 2 N–H and O–H groups in total. The Hall–Kier alpha value is -2.88. The molecule has 0 radical (unpaired) electrons. The third-order valence-corrected chi connectivity index (χ3v) is 3.84. The Balaban J connectivity index is 2.12. The van der Waals surface area contributed by atoms with E-state index < -0.39 is 5.91 Å². The van der Waals surface area contributed by atoms with Gasteiger partial charge in [-0.05, 0) is 25.0 Å². The summed E-state index contributed by atoms with van der Waals surface area (Å²) in [6.07, 6.45) is 0. The first-order valence-electron chi connectivity index (χ1n) is 7.54. The fourth-order valence-electron chi connectivity index (χ4n) is 2.85. The number of amides is 1. The molecule has 0 unspecified atom stereocenters. The second-order valence-corrected chi connectivity index (χ2v) is 5.69. The summed E-state index contributed by atoms with van der Waals surface area (Å²) >= 11 is 0. The monoisotopic (exact) mass is 305 g/mol. The van der Waals surface area contributed by atoms with Gasteiger partial charge in [-0.3, -0.25) is 9.48 Å². The van der Waals surface area contributed by atoms with Gasteiger partial charge in [0.05, 0.1) is 12.2 Å². The van der Waals surface area contributed by atoms with E-state index in [9.17, 15) is 4.79 Å². The molecule has 4 heteroatoms. The minimum absolute atomic E-state index is 0.456. The lowest BCUT2D eigenvalue weighted by Gasteiger charge is -2.08. The molecule has 0 spiro atoms. The van der Waals surface area contributed by atoms with Crippen molar-refractivity contribution in [1.29, 1.82) is 0 Å². The van der Waals surface area contributed by atoms with Gasteiger partial charge in [-0.15, -0.1) is 0 Å². The van der Waals surface area contributed by atoms with Gasteiger partial charge in [0, 0.05) is 5.56 Å². The molecule has 3 aromatic rings. The van der Waals surface area contributed by atoms with E-state index >= 15 is 0 Å². The molecule has 0 saturated heterocycles. The van der Waals surface area contributed by atoms with Gasteiger partial charge in [0.1, 0.15) is 5.69 Å². The first-order chi connectivity index (χ1) is 11.1. The zero-order chi connectivity index (χ0) is 16.4. The van der Waals surface area contributed by atoms with E-state index in [1.54, 1.807) is 4.68 Å². The highest BCUT2D eigenvalue weighted by molar-refractivity contribution is 5.99. The molecule has 0 aliphatic heterocycles. The van der Waals surface area contributed by atoms with Crippen molar-refractivity contribution in [1.82, 2.24) is 9.78 Å². The van der Waals surface area contributed by atoms with Crippen LogP contribution in [0, 0.1) is 13.8 Å². The van der Waals surface area contributed by atoms with Crippen LogP contribution in [0.5, 0.6) is 0 Å². The number of aromatic nitrogens is 2. The molecule has 23 heavy (non-hydrogen) atoms. The van der Waals surface area contributed by atoms with Crippen molar-refractivity contribution in [3.05, 3.63) is 77.1 Å². The van der Waals surface area contributed by atoms with E-state index in [1.807, 2.05) is 68.4 Å². The molecule has 0 atom stereocenters. The standard InChI is InChI=1S/C19H19N3O/c1-13-7-6-10-16(11-13)17-14(2)21-22(18(17)19(20)23)12-15-8-4-3-5-9-15/h3-11H,12H2,1-2H3,(H2,20,23). The van der Waals surface area contributed by atoms with E-state index in [-0.39, 0.29) is 0 Å². The zero-order valence-electron chi connectivity index (χ0n) is 13.3. The van der Waals surface area contributed by atoms with E-state index in [4.69, 9.17) is 5.73 Å². The molecule has 116 valence electrons. The second kappa shape index (κ2) is 6.08. The molecule has 0 fully saturated rings. The SMILES string of the molecule is Cc1cccc(-c2c(C)nn(Cc3ccccc3)c2C(N)=O)c1. The predicted octanol–water partition coefficient (Wildman–Crippen LogP) is 3.31. The molecule has 0 saturated carbocycles. The fraction of sp³-hybridized carbons (Fsp3) is 0.158. The molecule has 1 amide bonds. The van der Waals surface area contributed by atoms with Crippen molar-refractivity contribution in [2.45, 2.75) is 20.4 Å². The Morgan fingerprint density at radius 1 is 1.09 bits per heavy atom. The summed E-state index contributed by atoms with van der Waals surface area (Å²) in [6, 6.07) is 17.9. The number of benzene rings is 2. The number of aryl methyl sites for hydroxylation is 2. The van der Waals surface area contributed by atoms with Crippen molar-refractivity contribution in [2.24, 2.45) is 5.73 Å². The zero-order valence-corrected chi connectivity index (χ0v) is 13.3. The first-order valence-corrected chi connectivity index (χ1v) is 7.54. The molecule has 0 bridgehead atoms. The van der Waals surface area contributed by atoms with Gasteiger partial charge in [-0.2, -0.15) is 5.10 Å². The molecule has 4 nitrogen and oxygen atoms in total. The Labute approximate surface area is 135 Å². The average molecular weight is 305 g/mol. The summed E-state index contributed by atoms with van der Waals surface area (Å²) in [7, 11) is 0. The Morgan fingerprint density at radius 3 is 2.48 bits per heavy atom. The van der Waals surface area contributed by atoms with Crippen LogP contribution in [0.25, 0.3) is 11.1 Å². The summed E-state index contributed by atoms with van der Waals surface area (Å²) in [6.45, 7) is 4.45. The number of hydrogen-bond donors (Lipinski definition) is 1. The lowest BCUT2D eigenvalue weighted by Crippen LogP contribution is -2.19. The maximum Gasteiger partial charge on any atom is 0.267 e. The van der Waals surface area contributed by atoms with Crippen molar-refractivity contribution >= 4 is 5.91 Å². The van der Waals surface area contributed by atoms with Crippen LogP contribution in [0.1, 0.15) is 27.3 Å². The molecular weight excluding hydrogens is 286 g/mol. The number of nitrogens with zero attached hydrogens (tertiary/aromatic N) is 2. The van der Waals surface area contributed by atoms with Gasteiger partial charge in [-0.1, -0.05) is 60.2 Å². The van der Waals surface area contributed by atoms with E-state index in [1.165, 1.54) is 0 Å². The van der Waals surface area contributed by atoms with E-state index in [0.717, 1.165) is 27.9 Å². The van der Waals surface area contributed by atoms with Crippen LogP contribution in [0.4, 0.5) is 0 Å². The molecule has 3 rings (SSSR count). The maximum atomic E-state index is 12.1. The largest absolute Gasteiger partial charge is 0.364 e. The van der Waals surface area contributed by atoms with Gasteiger partial charge in [0.2, 0.25) is 0 Å². The van der Waals surface area contributed by atoms with Crippen LogP contribution in [0.2, 0.25) is 0 Å². The number of carbonyl (C=O) groups is 1. The number of carbonyl (C=O) groups excluding carboxylic acids is 1. The highest BCUT2D eigenvalue weighted by Gasteiger charge is 2.21. The summed E-state index contributed by atoms with van der Waals surface area (Å²) in [5.74, 6) is -0.460. The van der Waals surface area contributed by atoms with Crippen LogP contribution in [-0.4, -0.2) is 15.7 Å². The highest BCUT2D eigenvalue weighted by atomic mass is 16.1. The topological polar surface area (TPSA) is 60.9 Å². The molecule has 0 aliphatic rings. The molecule has 1 aromatic heterocycles. The Kier molecular flexibility index (Phi) is 3.98. The molecular formula is C19H19N3O. The fourth-order valence-corrected chi connectivity index (χ4v) is 2.85. The van der Waals surface area contributed by atoms with Crippen LogP contribution in [-0.2, 0) is 6.54 Å². The summed E-state index contributed by atoms with van der Waals surface area (Å²) in [5.41, 5.74) is 10.9. The smallest absolute Gasteiger partial charge is 0.267 e. The average Bonchev–Trinajstić information content (AvgIpc) is 2.84. The number of primary amides is 1. The number of rotatable bonds is 4. The summed E-state index contributed by atoms with van der Waals surface area (Å²) < 4.78 is 1.70. The minimum Gasteiger partial charge on any atom is -0.364 e. The van der Waals surface area contributed by atoms with Crippen LogP contribution in [0.15, 0.2) is 54.6 Å². The summed E-state index contributed by atoms with van der Waals surface area (Å²) in [4.78, 5) is 12.1. The maximum absolute atomic E-state index is 12.1. The third-order valence-electron chi connectivity index (χ3n) is 3.84. The third kappa shape index (κ3) is 3.01. The first kappa shape index (κ1) is 15.0. The Morgan fingerprint density at radius 2 is 1.83 bits per heavy atom. The highest BCUT2D eigenvalue weighted by Crippen LogP contribution is 2.28. The normalized spacial score (nSPS) is 10.7. The van der Waals surface area contributed by atoms with Gasteiger partial charge in [0.15, 0.2) is 0 Å². The van der Waals surface area contributed by atoms with E-state index in [2.05, 4.69) is 5.10 Å². The summed E-state index contributed by atoms with van der Waals surface area (Å²) in [5, 5.41) is 4.55. The van der Waals surface area contributed by atoms with Gasteiger partial charge in [0.25, 0.3) is 5.91 Å². The number of hydrogen-bond acceptors (Lipinski definition) is 2. The van der Waals surface area contributed by atoms with Gasteiger partial charge < -0.3 is 5.73 Å². The molecule has 0 aliphatic carbocycles. The van der Waals surface area contributed by atoms with Crippen molar-refractivity contribution in [3.63, 3.8) is 0 Å². The molecule has 1 heterocycles. The lowest BCUT2D eigenvalue weighted by atomic mass is 10.0. The predicted molar refractivity (Wildman–Crippen MR) is 91.2 cm³/mol. The van der Waals surface area contributed by atoms with Crippen molar-refractivity contribution in [3.8, 4) is 11.1 Å². The quantitative estimate of drug-likeness (QED) is 0.804. The molecule has 2 aromatic carbocycles. The van der Waals surface area contributed by atoms with E-state index in [0.29, 0.717) is 12.2 Å². The lowest BCUT2D eigenvalue weighted by molar-refractivity contribution is 0.0991. The minimum atomic E-state index is -0.460. The van der Waals surface area contributed by atoms with Crippen LogP contribution >= 0.6 is 0 Å². The Bertz CT molecular complexity index is 850. The van der Waals surface area contributed by atoms with Gasteiger partial charge >= 0.3 is 0 Å². The van der Waals surface area contributed by atoms with Gasteiger partial charge in [-0.25, -0.2) is 0 Å².